The van der Waals surface area contributed by atoms with E-state index >= 15 is 0 Å². The fraction of sp³-hybridized carbons (Fsp3) is 0.333. The molecule has 0 saturated heterocycles. The van der Waals surface area contributed by atoms with Crippen LogP contribution in [0.15, 0.2) is 48.1 Å². The van der Waals surface area contributed by atoms with Crippen molar-refractivity contribution in [3.05, 3.63) is 48.1 Å². The van der Waals surface area contributed by atoms with Crippen LogP contribution in [-0.4, -0.2) is 0 Å². The number of allylic oxidation sites excluding steroid dienone is 8. The van der Waals surface area contributed by atoms with Crippen LogP contribution in [0.4, 0.5) is 0 Å². The highest BCUT2D eigenvalue weighted by Gasteiger charge is 2.16. The summed E-state index contributed by atoms with van der Waals surface area (Å²) in [5.74, 6) is 1.28. The zero-order chi connectivity index (χ0) is 8.39. The van der Waals surface area contributed by atoms with Crippen molar-refractivity contribution in [3.8, 4) is 0 Å². The molecule has 12 heavy (non-hydrogen) atoms. The zero-order valence-electron chi connectivity index (χ0n) is 7.40. The van der Waals surface area contributed by atoms with Crippen molar-refractivity contribution in [2.45, 2.75) is 13.3 Å². The van der Waals surface area contributed by atoms with Gasteiger partial charge in [-0.3, -0.25) is 0 Å². The molecule has 0 aromatic carbocycles. The van der Waals surface area contributed by atoms with Gasteiger partial charge in [-0.15, -0.1) is 0 Å². The summed E-state index contributed by atoms with van der Waals surface area (Å²) in [4.78, 5) is 0. The first-order chi connectivity index (χ1) is 5.88. The molecule has 0 aliphatic heterocycles. The van der Waals surface area contributed by atoms with Crippen molar-refractivity contribution in [1.29, 1.82) is 0 Å². The molecule has 0 fully saturated rings. The van der Waals surface area contributed by atoms with E-state index in [9.17, 15) is 0 Å². The molecule has 0 aromatic heterocycles. The average Bonchev–Trinajstić information content (AvgIpc) is 2.77. The summed E-state index contributed by atoms with van der Waals surface area (Å²) in [6.45, 7) is 2.30. The molecule has 0 aromatic rings. The summed E-state index contributed by atoms with van der Waals surface area (Å²) in [5.41, 5.74) is 1.50. The lowest BCUT2D eigenvalue weighted by Gasteiger charge is -2.15. The Balaban J connectivity index is 2.08. The molecular formula is C12H14. The molecule has 0 N–H and O–H groups in total. The van der Waals surface area contributed by atoms with E-state index in [-0.39, 0.29) is 0 Å². The van der Waals surface area contributed by atoms with E-state index in [4.69, 9.17) is 0 Å². The van der Waals surface area contributed by atoms with Crippen LogP contribution >= 0.6 is 0 Å². The van der Waals surface area contributed by atoms with Crippen molar-refractivity contribution in [2.75, 3.05) is 0 Å². The Bertz CT molecular complexity index is 264. The van der Waals surface area contributed by atoms with Gasteiger partial charge in [-0.25, -0.2) is 0 Å². The van der Waals surface area contributed by atoms with E-state index in [1.54, 1.807) is 0 Å². The van der Waals surface area contributed by atoms with Gasteiger partial charge >= 0.3 is 0 Å². The highest BCUT2D eigenvalue weighted by molar-refractivity contribution is 5.32. The molecule has 2 aliphatic carbocycles. The minimum Gasteiger partial charge on any atom is -0.0805 e. The van der Waals surface area contributed by atoms with Gasteiger partial charge in [0.1, 0.15) is 0 Å². The maximum Gasteiger partial charge on any atom is 0.00188 e. The van der Waals surface area contributed by atoms with Gasteiger partial charge < -0.3 is 0 Å². The summed E-state index contributed by atoms with van der Waals surface area (Å²) >= 11 is 0. The van der Waals surface area contributed by atoms with Crippen LogP contribution in [-0.2, 0) is 0 Å². The average molecular weight is 158 g/mol. The second kappa shape index (κ2) is 3.14. The Morgan fingerprint density at radius 2 is 2.08 bits per heavy atom. The molecule has 0 spiro atoms. The lowest BCUT2D eigenvalue weighted by atomic mass is 9.89. The lowest BCUT2D eigenvalue weighted by Crippen LogP contribution is -2.06. The Kier molecular flexibility index (Phi) is 1.99. The van der Waals surface area contributed by atoms with E-state index < -0.39 is 0 Å². The van der Waals surface area contributed by atoms with E-state index in [0.717, 1.165) is 6.42 Å². The van der Waals surface area contributed by atoms with Crippen LogP contribution in [0.5, 0.6) is 0 Å². The van der Waals surface area contributed by atoms with Gasteiger partial charge in [-0.1, -0.05) is 49.5 Å². The summed E-state index contributed by atoms with van der Waals surface area (Å²) in [5, 5.41) is 0. The van der Waals surface area contributed by atoms with Gasteiger partial charge in [0.05, 0.1) is 0 Å². The second-order valence-corrected chi connectivity index (χ2v) is 3.48. The predicted molar refractivity (Wildman–Crippen MR) is 52.8 cm³/mol. The van der Waals surface area contributed by atoms with Crippen molar-refractivity contribution in [2.24, 2.45) is 11.8 Å². The molecule has 0 bridgehead atoms. The third-order valence-electron chi connectivity index (χ3n) is 2.68. The van der Waals surface area contributed by atoms with E-state index in [1.807, 2.05) is 0 Å². The third-order valence-corrected chi connectivity index (χ3v) is 2.68. The Morgan fingerprint density at radius 1 is 1.33 bits per heavy atom. The molecule has 0 saturated carbocycles. The summed E-state index contributed by atoms with van der Waals surface area (Å²) < 4.78 is 0. The molecule has 1 unspecified atom stereocenters. The van der Waals surface area contributed by atoms with Crippen LogP contribution in [0.2, 0.25) is 0 Å². The first kappa shape index (κ1) is 7.60. The molecule has 0 heteroatoms. The van der Waals surface area contributed by atoms with Gasteiger partial charge in [-0.05, 0) is 17.9 Å². The van der Waals surface area contributed by atoms with Crippen LogP contribution in [0.25, 0.3) is 0 Å². The van der Waals surface area contributed by atoms with Gasteiger partial charge in [-0.2, -0.15) is 0 Å². The SMILES string of the molecule is CC(C1=CCC=C1)C1C=CC=C1. The predicted octanol–water partition coefficient (Wildman–Crippen LogP) is 3.25. The monoisotopic (exact) mass is 158 g/mol. The minimum atomic E-state index is 0.624. The molecule has 0 nitrogen and oxygen atoms in total. The normalized spacial score (nSPS) is 23.6. The minimum absolute atomic E-state index is 0.624. The van der Waals surface area contributed by atoms with Crippen molar-refractivity contribution >= 4 is 0 Å². The molecule has 0 amide bonds. The molecule has 0 radical (unpaired) electrons. The van der Waals surface area contributed by atoms with Crippen LogP contribution < -0.4 is 0 Å². The van der Waals surface area contributed by atoms with E-state index in [0.29, 0.717) is 11.8 Å². The molecule has 2 aliphatic rings. The van der Waals surface area contributed by atoms with Gasteiger partial charge in [0.25, 0.3) is 0 Å². The quantitative estimate of drug-likeness (QED) is 0.578. The summed E-state index contributed by atoms with van der Waals surface area (Å²) in [6, 6.07) is 0. The van der Waals surface area contributed by atoms with Gasteiger partial charge in [0, 0.05) is 5.92 Å². The molecule has 0 heterocycles. The second-order valence-electron chi connectivity index (χ2n) is 3.48. The van der Waals surface area contributed by atoms with Gasteiger partial charge in [0.2, 0.25) is 0 Å². The third kappa shape index (κ3) is 1.29. The van der Waals surface area contributed by atoms with E-state index in [1.165, 1.54) is 5.57 Å². The first-order valence-corrected chi connectivity index (χ1v) is 4.59. The maximum atomic E-state index is 2.32. The Labute approximate surface area is 74.0 Å². The van der Waals surface area contributed by atoms with Crippen LogP contribution in [0.3, 0.4) is 0 Å². The van der Waals surface area contributed by atoms with Crippen LogP contribution in [0.1, 0.15) is 13.3 Å². The molecule has 2 rings (SSSR count). The van der Waals surface area contributed by atoms with E-state index in [2.05, 4.69) is 49.5 Å². The number of hydrogen-bond donors (Lipinski definition) is 0. The fourth-order valence-electron chi connectivity index (χ4n) is 1.82. The maximum absolute atomic E-state index is 2.32. The first-order valence-electron chi connectivity index (χ1n) is 4.59. The lowest BCUT2D eigenvalue weighted by molar-refractivity contribution is 0.596. The standard InChI is InChI=1S/C12H14/c1-10(11-6-2-3-7-11)12-8-4-5-9-12/h2-4,6-11H,5H2,1H3. The molecule has 1 atom stereocenters. The van der Waals surface area contributed by atoms with Crippen molar-refractivity contribution < 1.29 is 0 Å². The number of hydrogen-bond acceptors (Lipinski definition) is 0. The Morgan fingerprint density at radius 3 is 2.67 bits per heavy atom. The highest BCUT2D eigenvalue weighted by Crippen LogP contribution is 2.28. The number of rotatable bonds is 2. The summed E-state index contributed by atoms with van der Waals surface area (Å²) in [7, 11) is 0. The largest absolute Gasteiger partial charge is 0.0805 e. The topological polar surface area (TPSA) is 0 Å². The fourth-order valence-corrected chi connectivity index (χ4v) is 1.82. The zero-order valence-corrected chi connectivity index (χ0v) is 7.40. The molecule has 62 valence electrons. The van der Waals surface area contributed by atoms with Crippen molar-refractivity contribution in [1.82, 2.24) is 0 Å². The Hall–Kier alpha value is -1.04. The van der Waals surface area contributed by atoms with Crippen molar-refractivity contribution in [3.63, 3.8) is 0 Å². The molecular weight excluding hydrogens is 144 g/mol. The van der Waals surface area contributed by atoms with Gasteiger partial charge in [0.15, 0.2) is 0 Å². The smallest absolute Gasteiger partial charge is 0.00188 e. The highest BCUT2D eigenvalue weighted by atomic mass is 14.2. The summed E-state index contributed by atoms with van der Waals surface area (Å²) in [6.07, 6.45) is 16.8. The van der Waals surface area contributed by atoms with Crippen LogP contribution in [0, 0.1) is 11.8 Å².